The predicted molar refractivity (Wildman–Crippen MR) is 108 cm³/mol. The van der Waals surface area contributed by atoms with E-state index in [-0.39, 0.29) is 18.1 Å². The molecule has 0 unspecified atom stereocenters. The number of anilines is 1. The van der Waals surface area contributed by atoms with Gasteiger partial charge < -0.3 is 11.1 Å². The first-order valence-corrected chi connectivity index (χ1v) is 8.81. The second kappa shape index (κ2) is 8.03. The normalized spacial score (nSPS) is 12.6. The summed E-state index contributed by atoms with van der Waals surface area (Å²) in [5.74, 6) is -0.719. The molecule has 3 N–H and O–H groups in total. The average molecular weight is 373 g/mol. The monoisotopic (exact) mass is 373 g/mol. The summed E-state index contributed by atoms with van der Waals surface area (Å²) in [7, 11) is 0. The first-order valence-electron chi connectivity index (χ1n) is 8.81. The molecule has 0 aliphatic carbocycles. The molecular formula is C23H20FN3O. The van der Waals surface area contributed by atoms with E-state index in [1.807, 2.05) is 25.1 Å². The van der Waals surface area contributed by atoms with Gasteiger partial charge in [0.15, 0.2) is 5.69 Å². The molecule has 4 nitrogen and oxygen atoms in total. The number of nitrogens with zero attached hydrogens (tertiary/aromatic N) is 1. The van der Waals surface area contributed by atoms with Gasteiger partial charge in [-0.25, -0.2) is 9.24 Å². The summed E-state index contributed by atoms with van der Waals surface area (Å²) in [6.07, 6.45) is 0.211. The number of rotatable bonds is 5. The molecule has 0 spiro atoms. The number of halogens is 1. The summed E-state index contributed by atoms with van der Waals surface area (Å²) in [6.45, 7) is 8.95. The standard InChI is InChI=1S/C23H20FN3O/c1-16-14-20(12-13-21(16)26-2)27-22(28)23(25,18-6-4-3-5-7-18)15-17-8-10-19(24)11-9-17/h3-14H,15,25H2,1H3,(H,27,28)/t23-/m0/s1. The quantitative estimate of drug-likeness (QED) is 0.636. The molecule has 3 rings (SSSR count). The molecule has 1 amide bonds. The van der Waals surface area contributed by atoms with E-state index in [0.717, 1.165) is 11.1 Å². The lowest BCUT2D eigenvalue weighted by atomic mass is 9.83. The smallest absolute Gasteiger partial charge is 0.249 e. The maximum absolute atomic E-state index is 13.3. The van der Waals surface area contributed by atoms with E-state index in [2.05, 4.69) is 10.2 Å². The molecule has 140 valence electrons. The zero-order valence-electron chi connectivity index (χ0n) is 15.4. The molecule has 5 heteroatoms. The fourth-order valence-electron chi connectivity index (χ4n) is 3.07. The predicted octanol–water partition coefficient (Wildman–Crippen LogP) is 4.72. The number of amides is 1. The topological polar surface area (TPSA) is 59.5 Å². The van der Waals surface area contributed by atoms with Crippen molar-refractivity contribution >= 4 is 17.3 Å². The van der Waals surface area contributed by atoms with E-state index in [1.54, 1.807) is 42.5 Å². The molecule has 28 heavy (non-hydrogen) atoms. The molecule has 0 saturated heterocycles. The van der Waals surface area contributed by atoms with E-state index in [9.17, 15) is 9.18 Å². The lowest BCUT2D eigenvalue weighted by Gasteiger charge is -2.29. The third-order valence-electron chi connectivity index (χ3n) is 4.67. The van der Waals surface area contributed by atoms with Gasteiger partial charge in [-0.2, -0.15) is 0 Å². The summed E-state index contributed by atoms with van der Waals surface area (Å²) in [4.78, 5) is 16.6. The summed E-state index contributed by atoms with van der Waals surface area (Å²) < 4.78 is 13.3. The molecule has 0 fully saturated rings. The van der Waals surface area contributed by atoms with Crippen LogP contribution in [-0.4, -0.2) is 5.91 Å². The third kappa shape index (κ3) is 4.08. The Hall–Kier alpha value is -3.49. The maximum Gasteiger partial charge on any atom is 0.249 e. The highest BCUT2D eigenvalue weighted by atomic mass is 19.1. The van der Waals surface area contributed by atoms with Gasteiger partial charge in [0, 0.05) is 12.1 Å². The molecule has 3 aromatic carbocycles. The molecular weight excluding hydrogens is 353 g/mol. The minimum absolute atomic E-state index is 0.211. The van der Waals surface area contributed by atoms with E-state index < -0.39 is 5.54 Å². The van der Waals surface area contributed by atoms with Crippen molar-refractivity contribution in [2.75, 3.05) is 5.32 Å². The number of aryl methyl sites for hydroxylation is 1. The number of carbonyl (C=O) groups excluding carboxylic acids is 1. The van der Waals surface area contributed by atoms with Crippen LogP contribution in [0.15, 0.2) is 72.8 Å². The van der Waals surface area contributed by atoms with E-state index >= 15 is 0 Å². The lowest BCUT2D eigenvalue weighted by molar-refractivity contribution is -0.121. The molecule has 3 aromatic rings. The van der Waals surface area contributed by atoms with Gasteiger partial charge in [0.2, 0.25) is 5.91 Å². The number of carbonyl (C=O) groups is 1. The highest BCUT2D eigenvalue weighted by molar-refractivity contribution is 5.99. The van der Waals surface area contributed by atoms with Crippen LogP contribution in [0.2, 0.25) is 0 Å². The maximum atomic E-state index is 13.3. The highest BCUT2D eigenvalue weighted by Gasteiger charge is 2.36. The third-order valence-corrected chi connectivity index (χ3v) is 4.67. The molecule has 0 heterocycles. The van der Waals surface area contributed by atoms with Crippen LogP contribution >= 0.6 is 0 Å². The van der Waals surface area contributed by atoms with Gasteiger partial charge in [0.1, 0.15) is 11.4 Å². The fourth-order valence-corrected chi connectivity index (χ4v) is 3.07. The van der Waals surface area contributed by atoms with Crippen molar-refractivity contribution < 1.29 is 9.18 Å². The average Bonchev–Trinajstić information content (AvgIpc) is 2.70. The van der Waals surface area contributed by atoms with Crippen LogP contribution < -0.4 is 11.1 Å². The minimum Gasteiger partial charge on any atom is -0.324 e. The van der Waals surface area contributed by atoms with Crippen LogP contribution in [0.1, 0.15) is 16.7 Å². The first kappa shape index (κ1) is 19.3. The molecule has 0 aliphatic heterocycles. The molecule has 1 atom stereocenters. The van der Waals surface area contributed by atoms with Gasteiger partial charge in [-0.3, -0.25) is 4.79 Å². The number of hydrogen-bond acceptors (Lipinski definition) is 2. The second-order valence-corrected chi connectivity index (χ2v) is 6.71. The summed E-state index contributed by atoms with van der Waals surface area (Å²) in [5, 5.41) is 2.86. The Bertz CT molecular complexity index is 1030. The lowest BCUT2D eigenvalue weighted by Crippen LogP contribution is -2.50. The van der Waals surface area contributed by atoms with E-state index in [4.69, 9.17) is 12.3 Å². The van der Waals surface area contributed by atoms with Crippen molar-refractivity contribution in [3.63, 3.8) is 0 Å². The largest absolute Gasteiger partial charge is 0.324 e. The van der Waals surface area contributed by atoms with Crippen LogP contribution in [0, 0.1) is 19.3 Å². The van der Waals surface area contributed by atoms with Crippen LogP contribution in [0.3, 0.4) is 0 Å². The van der Waals surface area contributed by atoms with Crippen LogP contribution in [-0.2, 0) is 16.8 Å². The van der Waals surface area contributed by atoms with Gasteiger partial charge in [-0.1, -0.05) is 48.5 Å². The summed E-state index contributed by atoms with van der Waals surface area (Å²) in [5.41, 5.74) is 8.56. The molecule has 0 bridgehead atoms. The number of nitrogens with two attached hydrogens (primary N) is 1. The van der Waals surface area contributed by atoms with Crippen molar-refractivity contribution in [1.29, 1.82) is 0 Å². The van der Waals surface area contributed by atoms with Crippen LogP contribution in [0.25, 0.3) is 4.85 Å². The summed E-state index contributed by atoms with van der Waals surface area (Å²) >= 11 is 0. The summed E-state index contributed by atoms with van der Waals surface area (Å²) in [6, 6.07) is 20.2. The van der Waals surface area contributed by atoms with E-state index in [0.29, 0.717) is 16.9 Å². The zero-order chi connectivity index (χ0) is 20.1. The van der Waals surface area contributed by atoms with Crippen molar-refractivity contribution in [2.24, 2.45) is 5.73 Å². The van der Waals surface area contributed by atoms with Crippen molar-refractivity contribution in [1.82, 2.24) is 0 Å². The molecule has 0 aromatic heterocycles. The Kier molecular flexibility index (Phi) is 5.53. The van der Waals surface area contributed by atoms with Crippen LogP contribution in [0.5, 0.6) is 0 Å². The minimum atomic E-state index is -1.34. The Balaban J connectivity index is 1.94. The number of benzene rings is 3. The van der Waals surface area contributed by atoms with Gasteiger partial charge in [0.05, 0.1) is 6.57 Å². The first-order chi connectivity index (χ1) is 13.4. The molecule has 0 saturated carbocycles. The van der Waals surface area contributed by atoms with Crippen molar-refractivity contribution in [3.8, 4) is 0 Å². The molecule has 0 aliphatic rings. The van der Waals surface area contributed by atoms with E-state index in [1.165, 1.54) is 12.1 Å². The van der Waals surface area contributed by atoms with Gasteiger partial charge >= 0.3 is 0 Å². The van der Waals surface area contributed by atoms with Gasteiger partial charge in [-0.05, 0) is 47.9 Å². The number of hydrogen-bond donors (Lipinski definition) is 2. The SMILES string of the molecule is [C-]#[N+]c1ccc(NC(=O)[C@](N)(Cc2ccc(F)cc2)c2ccccc2)cc1C. The van der Waals surface area contributed by atoms with Crippen molar-refractivity contribution in [3.05, 3.63) is 107 Å². The van der Waals surface area contributed by atoms with Gasteiger partial charge in [-0.15, -0.1) is 0 Å². The Morgan fingerprint density at radius 1 is 1.11 bits per heavy atom. The second-order valence-electron chi connectivity index (χ2n) is 6.71. The Labute approximate surface area is 163 Å². The number of nitrogens with one attached hydrogen (secondary N) is 1. The van der Waals surface area contributed by atoms with Gasteiger partial charge in [0.25, 0.3) is 0 Å². The highest BCUT2D eigenvalue weighted by Crippen LogP contribution is 2.27. The fraction of sp³-hybridized carbons (Fsp3) is 0.130. The van der Waals surface area contributed by atoms with Crippen molar-refractivity contribution in [2.45, 2.75) is 18.9 Å². The van der Waals surface area contributed by atoms with Crippen LogP contribution in [0.4, 0.5) is 15.8 Å². The zero-order valence-corrected chi connectivity index (χ0v) is 15.4. The Morgan fingerprint density at radius 2 is 1.79 bits per heavy atom. The molecule has 0 radical (unpaired) electrons. The Morgan fingerprint density at radius 3 is 2.39 bits per heavy atom.